The number of nitrogens with one attached hydrogen (secondary N) is 1. The first-order valence-corrected chi connectivity index (χ1v) is 8.34. The molecule has 0 spiro atoms. The summed E-state index contributed by atoms with van der Waals surface area (Å²) in [7, 11) is 1.65. The van der Waals surface area contributed by atoms with E-state index in [-0.39, 0.29) is 24.2 Å². The number of aromatic nitrogens is 1. The van der Waals surface area contributed by atoms with E-state index in [1.807, 2.05) is 0 Å². The molecule has 3 rings (SSSR count). The minimum absolute atomic E-state index is 0.225. The maximum absolute atomic E-state index is 13.3. The molecule has 0 aliphatic rings. The lowest BCUT2D eigenvalue weighted by atomic mass is 10.1. The highest BCUT2D eigenvalue weighted by Crippen LogP contribution is 2.15. The first-order valence-electron chi connectivity index (χ1n) is 8.34. The second kappa shape index (κ2) is 8.23. The van der Waals surface area contributed by atoms with E-state index in [2.05, 4.69) is 10.3 Å². The van der Waals surface area contributed by atoms with Gasteiger partial charge in [0.15, 0.2) is 0 Å². The summed E-state index contributed by atoms with van der Waals surface area (Å²) in [6, 6.07) is 16.1. The van der Waals surface area contributed by atoms with E-state index in [0.29, 0.717) is 22.4 Å². The van der Waals surface area contributed by atoms with Gasteiger partial charge in [-0.1, -0.05) is 18.2 Å². The second-order valence-electron chi connectivity index (χ2n) is 6.07. The van der Waals surface area contributed by atoms with Crippen LogP contribution in [0.1, 0.15) is 26.3 Å². The normalized spacial score (nSPS) is 10.3. The van der Waals surface area contributed by atoms with Gasteiger partial charge in [-0.15, -0.1) is 0 Å². The number of anilines is 1. The SMILES string of the molecule is CN(Cc1cccc(F)c1)C(=O)c1cccc(NC(=O)c2cccnc2)c1. The molecule has 27 heavy (non-hydrogen) atoms. The van der Waals surface area contributed by atoms with Crippen molar-refractivity contribution in [2.75, 3.05) is 12.4 Å². The van der Waals surface area contributed by atoms with Crippen LogP contribution in [-0.4, -0.2) is 28.7 Å². The van der Waals surface area contributed by atoms with E-state index in [0.717, 1.165) is 0 Å². The highest BCUT2D eigenvalue weighted by molar-refractivity contribution is 6.04. The molecule has 0 bridgehead atoms. The fourth-order valence-electron chi connectivity index (χ4n) is 2.63. The molecule has 1 N–H and O–H groups in total. The lowest BCUT2D eigenvalue weighted by Crippen LogP contribution is -2.26. The maximum Gasteiger partial charge on any atom is 0.257 e. The molecular formula is C21H18FN3O2. The summed E-state index contributed by atoms with van der Waals surface area (Å²) in [4.78, 5) is 30.3. The van der Waals surface area contributed by atoms with Crippen LogP contribution in [0, 0.1) is 5.82 Å². The molecule has 0 saturated heterocycles. The first kappa shape index (κ1) is 18.3. The monoisotopic (exact) mass is 363 g/mol. The maximum atomic E-state index is 13.3. The Morgan fingerprint density at radius 3 is 2.56 bits per heavy atom. The number of pyridine rings is 1. The Morgan fingerprint density at radius 1 is 1.04 bits per heavy atom. The third-order valence-corrected chi connectivity index (χ3v) is 3.95. The Morgan fingerprint density at radius 2 is 1.81 bits per heavy atom. The largest absolute Gasteiger partial charge is 0.337 e. The van der Waals surface area contributed by atoms with Crippen molar-refractivity contribution in [3.05, 3.63) is 95.6 Å². The van der Waals surface area contributed by atoms with Gasteiger partial charge in [0.2, 0.25) is 0 Å². The van der Waals surface area contributed by atoms with Crippen molar-refractivity contribution < 1.29 is 14.0 Å². The predicted octanol–water partition coefficient (Wildman–Crippen LogP) is 3.75. The van der Waals surface area contributed by atoms with Gasteiger partial charge in [0, 0.05) is 37.2 Å². The van der Waals surface area contributed by atoms with E-state index < -0.39 is 0 Å². The lowest BCUT2D eigenvalue weighted by molar-refractivity contribution is 0.0784. The smallest absolute Gasteiger partial charge is 0.257 e. The Hall–Kier alpha value is -3.54. The van der Waals surface area contributed by atoms with E-state index in [9.17, 15) is 14.0 Å². The zero-order chi connectivity index (χ0) is 19.2. The number of hydrogen-bond donors (Lipinski definition) is 1. The number of benzene rings is 2. The van der Waals surface area contributed by atoms with E-state index in [1.165, 1.54) is 23.2 Å². The number of nitrogens with zero attached hydrogens (tertiary/aromatic N) is 2. The number of carbonyl (C=O) groups excluding carboxylic acids is 2. The molecule has 0 saturated carbocycles. The van der Waals surface area contributed by atoms with Gasteiger partial charge in [0.05, 0.1) is 5.56 Å². The van der Waals surface area contributed by atoms with E-state index in [4.69, 9.17) is 0 Å². The Labute approximate surface area is 156 Å². The molecule has 6 heteroatoms. The van der Waals surface area contributed by atoms with Crippen LogP contribution in [0.4, 0.5) is 10.1 Å². The summed E-state index contributed by atoms with van der Waals surface area (Å²) in [5, 5.41) is 2.75. The molecule has 2 amide bonds. The number of amides is 2. The molecule has 3 aromatic rings. The molecule has 0 fully saturated rings. The fourth-order valence-corrected chi connectivity index (χ4v) is 2.63. The molecule has 136 valence electrons. The van der Waals surface area contributed by atoms with E-state index in [1.54, 1.807) is 61.8 Å². The molecule has 5 nitrogen and oxygen atoms in total. The van der Waals surface area contributed by atoms with Crippen molar-refractivity contribution in [3.8, 4) is 0 Å². The fraction of sp³-hybridized carbons (Fsp3) is 0.0952. The molecule has 2 aromatic carbocycles. The van der Waals surface area contributed by atoms with Gasteiger partial charge in [-0.2, -0.15) is 0 Å². The van der Waals surface area contributed by atoms with E-state index >= 15 is 0 Å². The molecule has 0 aliphatic carbocycles. The van der Waals surface area contributed by atoms with Crippen LogP contribution in [-0.2, 0) is 6.54 Å². The van der Waals surface area contributed by atoms with Crippen molar-refractivity contribution >= 4 is 17.5 Å². The Kier molecular flexibility index (Phi) is 5.56. The number of carbonyl (C=O) groups is 2. The first-order chi connectivity index (χ1) is 13.0. The van der Waals surface area contributed by atoms with Crippen LogP contribution in [0.3, 0.4) is 0 Å². The summed E-state index contributed by atoms with van der Waals surface area (Å²) in [5.41, 5.74) is 2.07. The third kappa shape index (κ3) is 4.76. The second-order valence-corrected chi connectivity index (χ2v) is 6.07. The van der Waals surface area contributed by atoms with Gasteiger partial charge in [-0.05, 0) is 48.0 Å². The molecule has 0 atom stereocenters. The van der Waals surface area contributed by atoms with Crippen molar-refractivity contribution in [1.82, 2.24) is 9.88 Å². The predicted molar refractivity (Wildman–Crippen MR) is 101 cm³/mol. The highest BCUT2D eigenvalue weighted by atomic mass is 19.1. The zero-order valence-electron chi connectivity index (χ0n) is 14.7. The van der Waals surface area contributed by atoms with Gasteiger partial charge in [-0.25, -0.2) is 4.39 Å². The average molecular weight is 363 g/mol. The van der Waals surface area contributed by atoms with Crippen LogP contribution in [0.15, 0.2) is 73.1 Å². The standard InChI is InChI=1S/C21H18FN3O2/c1-25(14-15-5-2-8-18(22)11-15)21(27)16-6-3-9-19(12-16)24-20(26)17-7-4-10-23-13-17/h2-13H,14H2,1H3,(H,24,26). The quantitative estimate of drug-likeness (QED) is 0.751. The van der Waals surface area contributed by atoms with Crippen molar-refractivity contribution in [2.24, 2.45) is 0 Å². The summed E-state index contributed by atoms with van der Waals surface area (Å²) in [6.07, 6.45) is 3.06. The van der Waals surface area contributed by atoms with Gasteiger partial charge in [-0.3, -0.25) is 14.6 Å². The lowest BCUT2D eigenvalue weighted by Gasteiger charge is -2.18. The molecule has 1 aromatic heterocycles. The topological polar surface area (TPSA) is 62.3 Å². The van der Waals surface area contributed by atoms with Crippen molar-refractivity contribution in [2.45, 2.75) is 6.54 Å². The number of halogens is 1. The van der Waals surface area contributed by atoms with Gasteiger partial charge >= 0.3 is 0 Å². The summed E-state index contributed by atoms with van der Waals surface area (Å²) < 4.78 is 13.3. The van der Waals surface area contributed by atoms with Gasteiger partial charge < -0.3 is 10.2 Å². The van der Waals surface area contributed by atoms with Crippen LogP contribution in [0.25, 0.3) is 0 Å². The van der Waals surface area contributed by atoms with Crippen LogP contribution >= 0.6 is 0 Å². The van der Waals surface area contributed by atoms with Crippen LogP contribution < -0.4 is 5.32 Å². The molecule has 1 heterocycles. The van der Waals surface area contributed by atoms with Crippen molar-refractivity contribution in [1.29, 1.82) is 0 Å². The molecular weight excluding hydrogens is 345 g/mol. The average Bonchev–Trinajstić information content (AvgIpc) is 2.68. The van der Waals surface area contributed by atoms with Crippen LogP contribution in [0.5, 0.6) is 0 Å². The molecule has 0 unspecified atom stereocenters. The minimum atomic E-state index is -0.339. The van der Waals surface area contributed by atoms with Crippen LogP contribution in [0.2, 0.25) is 0 Å². The molecule has 0 radical (unpaired) electrons. The third-order valence-electron chi connectivity index (χ3n) is 3.95. The minimum Gasteiger partial charge on any atom is -0.337 e. The van der Waals surface area contributed by atoms with Crippen molar-refractivity contribution in [3.63, 3.8) is 0 Å². The Bertz CT molecular complexity index is 960. The summed E-state index contributed by atoms with van der Waals surface area (Å²) in [6.45, 7) is 0.281. The summed E-state index contributed by atoms with van der Waals surface area (Å²) >= 11 is 0. The number of hydrogen-bond acceptors (Lipinski definition) is 3. The highest BCUT2D eigenvalue weighted by Gasteiger charge is 2.14. The van der Waals surface area contributed by atoms with Gasteiger partial charge in [0.25, 0.3) is 11.8 Å². The summed E-state index contributed by atoms with van der Waals surface area (Å²) in [5.74, 6) is -0.869. The Balaban J connectivity index is 1.70. The number of rotatable bonds is 5. The zero-order valence-corrected chi connectivity index (χ0v) is 14.7. The molecule has 0 aliphatic heterocycles. The van der Waals surface area contributed by atoms with Gasteiger partial charge in [0.1, 0.15) is 5.82 Å².